The van der Waals surface area contributed by atoms with E-state index in [2.05, 4.69) is 13.8 Å². The quantitative estimate of drug-likeness (QED) is 0.562. The standard InChI is InChI=1S/C19H29ClO/c1-18-10-3-4-14(18)13-7-5-12-6-8-16(20)17(21)19(12,2)15(13)9-11-18/h12-16H,3-11H2,1-2H3/t12?,13-,14-,15-,16?,18-,19-/m0/s1. The molecule has 4 aliphatic rings. The van der Waals surface area contributed by atoms with Gasteiger partial charge in [-0.15, -0.1) is 11.6 Å². The Hall–Kier alpha value is -0.0400. The molecule has 0 radical (unpaired) electrons. The van der Waals surface area contributed by atoms with Crippen molar-refractivity contribution in [3.63, 3.8) is 0 Å². The van der Waals surface area contributed by atoms with Gasteiger partial charge < -0.3 is 0 Å². The zero-order valence-electron chi connectivity index (χ0n) is 13.5. The van der Waals surface area contributed by atoms with Gasteiger partial charge in [0.15, 0.2) is 5.78 Å². The highest BCUT2D eigenvalue weighted by atomic mass is 35.5. The van der Waals surface area contributed by atoms with Crippen LogP contribution >= 0.6 is 11.6 Å². The highest BCUT2D eigenvalue weighted by Gasteiger charge is 2.61. The molecule has 0 saturated heterocycles. The van der Waals surface area contributed by atoms with Gasteiger partial charge in [0.2, 0.25) is 0 Å². The Morgan fingerprint density at radius 1 is 0.952 bits per heavy atom. The lowest BCUT2D eigenvalue weighted by Gasteiger charge is -2.59. The number of rotatable bonds is 0. The van der Waals surface area contributed by atoms with E-state index in [0.717, 1.165) is 18.3 Å². The van der Waals surface area contributed by atoms with Gasteiger partial charge >= 0.3 is 0 Å². The van der Waals surface area contributed by atoms with Crippen molar-refractivity contribution >= 4 is 17.4 Å². The smallest absolute Gasteiger partial charge is 0.157 e. The highest BCUT2D eigenvalue weighted by molar-refractivity contribution is 6.32. The molecule has 0 amide bonds. The van der Waals surface area contributed by atoms with E-state index in [1.54, 1.807) is 0 Å². The molecule has 7 atom stereocenters. The van der Waals surface area contributed by atoms with Gasteiger partial charge in [-0.1, -0.05) is 20.3 Å². The van der Waals surface area contributed by atoms with Crippen LogP contribution in [0.2, 0.25) is 0 Å². The van der Waals surface area contributed by atoms with Crippen molar-refractivity contribution < 1.29 is 4.79 Å². The van der Waals surface area contributed by atoms with E-state index in [4.69, 9.17) is 11.6 Å². The maximum absolute atomic E-state index is 13.0. The number of carbonyl (C=O) groups excluding carboxylic acids is 1. The molecule has 4 fully saturated rings. The van der Waals surface area contributed by atoms with Gasteiger partial charge in [0, 0.05) is 5.41 Å². The number of Topliss-reactive ketones (excluding diaryl/α,β-unsaturated/α-hetero) is 1. The second-order valence-electron chi connectivity index (χ2n) is 8.93. The summed E-state index contributed by atoms with van der Waals surface area (Å²) in [6.45, 7) is 4.82. The number of ketones is 1. The molecule has 0 bridgehead atoms. The van der Waals surface area contributed by atoms with Crippen molar-refractivity contribution in [3.05, 3.63) is 0 Å². The second-order valence-corrected chi connectivity index (χ2v) is 9.45. The minimum atomic E-state index is -0.207. The number of fused-ring (bicyclic) bond motifs is 5. The molecule has 4 saturated carbocycles. The molecule has 0 N–H and O–H groups in total. The summed E-state index contributed by atoms with van der Waals surface area (Å²) < 4.78 is 0. The van der Waals surface area contributed by atoms with Crippen molar-refractivity contribution in [3.8, 4) is 0 Å². The Kier molecular flexibility index (Phi) is 3.27. The lowest BCUT2D eigenvalue weighted by molar-refractivity contribution is -0.153. The third kappa shape index (κ3) is 1.85. The fourth-order valence-corrected chi connectivity index (χ4v) is 7.43. The zero-order valence-corrected chi connectivity index (χ0v) is 14.3. The summed E-state index contributed by atoms with van der Waals surface area (Å²) in [6, 6.07) is 0. The van der Waals surface area contributed by atoms with E-state index in [1.165, 1.54) is 51.4 Å². The molecule has 2 unspecified atom stereocenters. The predicted octanol–water partition coefficient (Wildman–Crippen LogP) is 5.21. The van der Waals surface area contributed by atoms with Crippen LogP contribution in [0.15, 0.2) is 0 Å². The molecular formula is C19H29ClO. The predicted molar refractivity (Wildman–Crippen MR) is 86.4 cm³/mol. The Labute approximate surface area is 134 Å². The largest absolute Gasteiger partial charge is 0.297 e. The minimum Gasteiger partial charge on any atom is -0.297 e. The van der Waals surface area contributed by atoms with E-state index in [0.29, 0.717) is 23.0 Å². The zero-order chi connectivity index (χ0) is 14.8. The molecule has 4 rings (SSSR count). The molecule has 0 spiro atoms. The van der Waals surface area contributed by atoms with Crippen molar-refractivity contribution in [1.29, 1.82) is 0 Å². The Morgan fingerprint density at radius 2 is 1.71 bits per heavy atom. The van der Waals surface area contributed by atoms with Crippen molar-refractivity contribution in [2.45, 2.75) is 77.0 Å². The Morgan fingerprint density at radius 3 is 2.52 bits per heavy atom. The van der Waals surface area contributed by atoms with Gasteiger partial charge in [0.25, 0.3) is 0 Å². The van der Waals surface area contributed by atoms with E-state index in [-0.39, 0.29) is 10.8 Å². The average Bonchev–Trinajstić information content (AvgIpc) is 2.86. The third-order valence-corrected chi connectivity index (χ3v) is 8.69. The molecule has 0 aromatic carbocycles. The van der Waals surface area contributed by atoms with Crippen LogP contribution < -0.4 is 0 Å². The van der Waals surface area contributed by atoms with Gasteiger partial charge in [-0.3, -0.25) is 4.79 Å². The number of hydrogen-bond donors (Lipinski definition) is 0. The first-order valence-corrected chi connectivity index (χ1v) is 9.59. The van der Waals surface area contributed by atoms with Crippen LogP contribution in [0, 0.1) is 34.5 Å². The molecule has 1 nitrogen and oxygen atoms in total. The second kappa shape index (κ2) is 4.73. The van der Waals surface area contributed by atoms with Crippen LogP contribution in [-0.2, 0) is 4.79 Å². The van der Waals surface area contributed by atoms with Crippen LogP contribution in [-0.4, -0.2) is 11.2 Å². The fraction of sp³-hybridized carbons (Fsp3) is 0.947. The molecule has 118 valence electrons. The molecule has 4 aliphatic carbocycles. The molecule has 2 heteroatoms. The summed E-state index contributed by atoms with van der Waals surface area (Å²) in [4.78, 5) is 13.0. The molecule has 0 heterocycles. The van der Waals surface area contributed by atoms with Gasteiger partial charge in [-0.25, -0.2) is 0 Å². The van der Waals surface area contributed by atoms with E-state index < -0.39 is 0 Å². The fourth-order valence-electron chi connectivity index (χ4n) is 7.07. The third-order valence-electron chi connectivity index (χ3n) is 8.27. The van der Waals surface area contributed by atoms with Gasteiger partial charge in [0.05, 0.1) is 5.38 Å². The van der Waals surface area contributed by atoms with Crippen molar-refractivity contribution in [1.82, 2.24) is 0 Å². The van der Waals surface area contributed by atoms with Crippen molar-refractivity contribution in [2.24, 2.45) is 34.5 Å². The number of hydrogen-bond acceptors (Lipinski definition) is 1. The highest BCUT2D eigenvalue weighted by Crippen LogP contribution is 2.65. The van der Waals surface area contributed by atoms with Crippen LogP contribution in [0.1, 0.15) is 71.6 Å². The molecule has 21 heavy (non-hydrogen) atoms. The van der Waals surface area contributed by atoms with Gasteiger partial charge in [-0.05, 0) is 80.5 Å². The van der Waals surface area contributed by atoms with Crippen LogP contribution in [0.25, 0.3) is 0 Å². The van der Waals surface area contributed by atoms with Crippen LogP contribution in [0.5, 0.6) is 0 Å². The molecular weight excluding hydrogens is 280 g/mol. The number of halogens is 1. The monoisotopic (exact) mass is 308 g/mol. The average molecular weight is 309 g/mol. The number of alkyl halides is 1. The summed E-state index contributed by atoms with van der Waals surface area (Å²) in [5, 5.41) is -0.207. The first-order valence-electron chi connectivity index (χ1n) is 9.15. The Bertz CT molecular complexity index is 460. The lowest BCUT2D eigenvalue weighted by atomic mass is 9.45. The van der Waals surface area contributed by atoms with E-state index in [1.807, 2.05) is 0 Å². The molecule has 0 aromatic heterocycles. The topological polar surface area (TPSA) is 17.1 Å². The SMILES string of the molecule is C[C@@]12CCC[C@H]1[C@@H]1CCC3CCC(Cl)C(=O)[C@]3(C)[C@H]1CC2. The lowest BCUT2D eigenvalue weighted by Crippen LogP contribution is -2.57. The summed E-state index contributed by atoms with van der Waals surface area (Å²) in [5.74, 6) is 3.33. The Balaban J connectivity index is 1.69. The maximum atomic E-state index is 13.0. The van der Waals surface area contributed by atoms with Gasteiger partial charge in [-0.2, -0.15) is 0 Å². The van der Waals surface area contributed by atoms with Crippen LogP contribution in [0.4, 0.5) is 0 Å². The minimum absolute atomic E-state index is 0.0997. The van der Waals surface area contributed by atoms with Crippen LogP contribution in [0.3, 0.4) is 0 Å². The molecule has 0 aliphatic heterocycles. The van der Waals surface area contributed by atoms with E-state index >= 15 is 0 Å². The summed E-state index contributed by atoms with van der Waals surface area (Å²) in [6.07, 6.45) is 11.6. The first kappa shape index (κ1) is 14.5. The van der Waals surface area contributed by atoms with Gasteiger partial charge in [0.1, 0.15) is 0 Å². The first-order chi connectivity index (χ1) is 9.97. The summed E-state index contributed by atoms with van der Waals surface area (Å²) >= 11 is 6.40. The number of carbonyl (C=O) groups is 1. The van der Waals surface area contributed by atoms with E-state index in [9.17, 15) is 4.79 Å². The summed E-state index contributed by atoms with van der Waals surface area (Å²) in [7, 11) is 0. The normalized spacial score (nSPS) is 56.5. The van der Waals surface area contributed by atoms with Crippen molar-refractivity contribution in [2.75, 3.05) is 0 Å². The summed E-state index contributed by atoms with van der Waals surface area (Å²) in [5.41, 5.74) is 0.486. The maximum Gasteiger partial charge on any atom is 0.157 e. The molecule has 0 aromatic rings.